The molecule has 0 aliphatic rings. The van der Waals surface area contributed by atoms with Crippen molar-refractivity contribution in [3.05, 3.63) is 28.9 Å². The second-order valence-electron chi connectivity index (χ2n) is 4.73. The Morgan fingerprint density at radius 2 is 2.15 bits per heavy atom. The van der Waals surface area contributed by atoms with Crippen molar-refractivity contribution in [2.75, 3.05) is 31.3 Å². The van der Waals surface area contributed by atoms with Gasteiger partial charge in [0, 0.05) is 42.0 Å². The molecule has 0 saturated heterocycles. The number of nitrogens with two attached hydrogens (primary N) is 1. The monoisotopic (exact) mass is 337 g/mol. The maximum absolute atomic E-state index is 6.00. The van der Waals surface area contributed by atoms with Crippen LogP contribution in [-0.4, -0.2) is 25.2 Å². The molecule has 108 valence electrons. The molecular formula is C15H20BrN3O. The molecule has 4 nitrogen and oxygen atoms in total. The van der Waals surface area contributed by atoms with E-state index in [1.165, 1.54) is 0 Å². The zero-order chi connectivity index (χ0) is 14.4. The Balaban J connectivity index is 2.02. The molecule has 0 unspecified atom stereocenters. The molecule has 1 heterocycles. The van der Waals surface area contributed by atoms with Gasteiger partial charge in [-0.2, -0.15) is 0 Å². The number of pyridine rings is 1. The number of hydrogen-bond donors (Lipinski definition) is 2. The minimum absolute atomic E-state index is 0.749. The lowest BCUT2D eigenvalue weighted by Crippen LogP contribution is -2.04. The molecule has 2 aromatic rings. The number of nitrogens with one attached hydrogen (secondary N) is 1. The summed E-state index contributed by atoms with van der Waals surface area (Å²) in [4.78, 5) is 4.46. The van der Waals surface area contributed by atoms with E-state index in [9.17, 15) is 0 Å². The summed E-state index contributed by atoms with van der Waals surface area (Å²) >= 11 is 3.43. The molecule has 1 aromatic carbocycles. The van der Waals surface area contributed by atoms with Gasteiger partial charge >= 0.3 is 0 Å². The number of benzene rings is 1. The van der Waals surface area contributed by atoms with Gasteiger partial charge in [-0.25, -0.2) is 0 Å². The summed E-state index contributed by atoms with van der Waals surface area (Å²) in [6, 6.07) is 5.92. The van der Waals surface area contributed by atoms with Crippen LogP contribution >= 0.6 is 15.9 Å². The first-order chi connectivity index (χ1) is 9.72. The summed E-state index contributed by atoms with van der Waals surface area (Å²) in [5, 5.41) is 4.41. The summed E-state index contributed by atoms with van der Waals surface area (Å²) < 4.78 is 5.98. The topological polar surface area (TPSA) is 60.2 Å². The first-order valence-electron chi connectivity index (χ1n) is 6.79. The second kappa shape index (κ2) is 7.45. The molecule has 2 rings (SSSR count). The Labute approximate surface area is 127 Å². The van der Waals surface area contributed by atoms with Crippen molar-refractivity contribution < 1.29 is 4.74 Å². The number of methoxy groups -OCH3 is 1. The predicted molar refractivity (Wildman–Crippen MR) is 88.1 cm³/mol. The van der Waals surface area contributed by atoms with Gasteiger partial charge in [0.05, 0.1) is 11.2 Å². The zero-order valence-corrected chi connectivity index (χ0v) is 13.2. The Kier molecular flexibility index (Phi) is 5.61. The van der Waals surface area contributed by atoms with Gasteiger partial charge in [-0.3, -0.25) is 4.98 Å². The first-order valence-corrected chi connectivity index (χ1v) is 7.58. The number of fused-ring (bicyclic) bond motifs is 1. The van der Waals surface area contributed by atoms with E-state index >= 15 is 0 Å². The molecule has 0 saturated carbocycles. The lowest BCUT2D eigenvalue weighted by atomic mass is 10.1. The van der Waals surface area contributed by atoms with E-state index in [0.29, 0.717) is 0 Å². The lowest BCUT2D eigenvalue weighted by Gasteiger charge is -2.11. The van der Waals surface area contributed by atoms with Crippen LogP contribution < -0.4 is 11.1 Å². The third-order valence-corrected chi connectivity index (χ3v) is 3.62. The Hall–Kier alpha value is -1.33. The van der Waals surface area contributed by atoms with Crippen molar-refractivity contribution in [1.29, 1.82) is 0 Å². The molecule has 0 aliphatic carbocycles. The third-order valence-electron chi connectivity index (χ3n) is 3.19. The maximum Gasteiger partial charge on any atom is 0.0954 e. The zero-order valence-electron chi connectivity index (χ0n) is 11.7. The summed E-state index contributed by atoms with van der Waals surface area (Å²) in [7, 11) is 1.74. The van der Waals surface area contributed by atoms with Crippen LogP contribution in [0.5, 0.6) is 0 Å². The van der Waals surface area contributed by atoms with E-state index in [0.717, 1.165) is 59.2 Å². The molecule has 0 fully saturated rings. The Morgan fingerprint density at radius 3 is 2.95 bits per heavy atom. The van der Waals surface area contributed by atoms with Gasteiger partial charge in [0.1, 0.15) is 0 Å². The van der Waals surface area contributed by atoms with Crippen LogP contribution in [0.2, 0.25) is 0 Å². The second-order valence-corrected chi connectivity index (χ2v) is 5.65. The molecule has 1 aromatic heterocycles. The van der Waals surface area contributed by atoms with E-state index in [1.807, 2.05) is 18.2 Å². The molecule has 0 aliphatic heterocycles. The number of nitrogen functional groups attached to an aromatic ring is 1. The standard InChI is InChI=1S/C15H20BrN3O/c1-20-8-4-2-3-7-18-14-6-5-13(17)12-9-11(16)10-19-15(12)14/h5-6,9-10,18H,2-4,7-8,17H2,1H3. The van der Waals surface area contributed by atoms with Crippen molar-refractivity contribution in [3.8, 4) is 0 Å². The van der Waals surface area contributed by atoms with Crippen LogP contribution in [0.15, 0.2) is 28.9 Å². The van der Waals surface area contributed by atoms with E-state index in [4.69, 9.17) is 10.5 Å². The number of nitrogens with zero attached hydrogens (tertiary/aromatic N) is 1. The Morgan fingerprint density at radius 1 is 1.30 bits per heavy atom. The van der Waals surface area contributed by atoms with E-state index < -0.39 is 0 Å². The van der Waals surface area contributed by atoms with Crippen molar-refractivity contribution >= 4 is 38.2 Å². The van der Waals surface area contributed by atoms with Gasteiger partial charge in [0.15, 0.2) is 0 Å². The first kappa shape index (κ1) is 15.1. The number of rotatable bonds is 7. The average Bonchev–Trinajstić information content (AvgIpc) is 2.45. The molecule has 0 bridgehead atoms. The summed E-state index contributed by atoms with van der Waals surface area (Å²) in [5.74, 6) is 0. The van der Waals surface area contributed by atoms with Crippen molar-refractivity contribution in [3.63, 3.8) is 0 Å². The Bertz CT molecular complexity index is 574. The van der Waals surface area contributed by atoms with Crippen LogP contribution in [0, 0.1) is 0 Å². The smallest absolute Gasteiger partial charge is 0.0954 e. The maximum atomic E-state index is 6.00. The number of anilines is 2. The summed E-state index contributed by atoms with van der Waals surface area (Å²) in [6.45, 7) is 1.76. The summed E-state index contributed by atoms with van der Waals surface area (Å²) in [5.41, 5.74) is 8.71. The number of aromatic nitrogens is 1. The molecule has 3 N–H and O–H groups in total. The number of halogens is 1. The molecule has 20 heavy (non-hydrogen) atoms. The lowest BCUT2D eigenvalue weighted by molar-refractivity contribution is 0.192. The predicted octanol–water partition coefficient (Wildman–Crippen LogP) is 3.81. The molecule has 0 amide bonds. The minimum Gasteiger partial charge on any atom is -0.398 e. The van der Waals surface area contributed by atoms with E-state index in [2.05, 4.69) is 26.2 Å². The van der Waals surface area contributed by atoms with Crippen molar-refractivity contribution in [2.24, 2.45) is 0 Å². The fourth-order valence-electron chi connectivity index (χ4n) is 2.13. The fourth-order valence-corrected chi connectivity index (χ4v) is 2.46. The van der Waals surface area contributed by atoms with Crippen LogP contribution in [0.25, 0.3) is 10.9 Å². The molecule has 5 heteroatoms. The highest BCUT2D eigenvalue weighted by Gasteiger charge is 2.05. The van der Waals surface area contributed by atoms with Crippen molar-refractivity contribution in [2.45, 2.75) is 19.3 Å². The SMILES string of the molecule is COCCCCCNc1ccc(N)c2cc(Br)cnc12. The minimum atomic E-state index is 0.749. The van der Waals surface area contributed by atoms with Gasteiger partial charge in [-0.15, -0.1) is 0 Å². The molecular weight excluding hydrogens is 318 g/mol. The van der Waals surface area contributed by atoms with Gasteiger partial charge < -0.3 is 15.8 Å². The van der Waals surface area contributed by atoms with Crippen LogP contribution in [-0.2, 0) is 4.74 Å². The normalized spacial score (nSPS) is 10.9. The third kappa shape index (κ3) is 3.84. The van der Waals surface area contributed by atoms with Gasteiger partial charge in [0.25, 0.3) is 0 Å². The van der Waals surface area contributed by atoms with E-state index in [-0.39, 0.29) is 0 Å². The highest BCUT2D eigenvalue weighted by molar-refractivity contribution is 9.10. The van der Waals surface area contributed by atoms with Gasteiger partial charge in [-0.05, 0) is 53.4 Å². The summed E-state index contributed by atoms with van der Waals surface area (Å²) in [6.07, 6.45) is 5.18. The largest absolute Gasteiger partial charge is 0.398 e. The van der Waals surface area contributed by atoms with Gasteiger partial charge in [-0.1, -0.05) is 0 Å². The highest BCUT2D eigenvalue weighted by Crippen LogP contribution is 2.28. The highest BCUT2D eigenvalue weighted by atomic mass is 79.9. The fraction of sp³-hybridized carbons (Fsp3) is 0.400. The molecule has 0 radical (unpaired) electrons. The van der Waals surface area contributed by atoms with E-state index in [1.54, 1.807) is 13.3 Å². The number of unbranched alkanes of at least 4 members (excludes halogenated alkanes) is 2. The van der Waals surface area contributed by atoms with Crippen LogP contribution in [0.1, 0.15) is 19.3 Å². The van der Waals surface area contributed by atoms with Gasteiger partial charge in [0.2, 0.25) is 0 Å². The number of hydrogen-bond acceptors (Lipinski definition) is 4. The molecule has 0 spiro atoms. The van der Waals surface area contributed by atoms with Crippen molar-refractivity contribution in [1.82, 2.24) is 4.98 Å². The van der Waals surface area contributed by atoms with Crippen LogP contribution in [0.3, 0.4) is 0 Å². The quantitative estimate of drug-likeness (QED) is 0.595. The molecule has 0 atom stereocenters. The van der Waals surface area contributed by atoms with Crippen LogP contribution in [0.4, 0.5) is 11.4 Å². The number of ether oxygens (including phenoxy) is 1. The average molecular weight is 338 g/mol.